The number of hydrogen-bond acceptors (Lipinski definition) is 4. The Morgan fingerprint density at radius 3 is 2.78 bits per heavy atom. The Bertz CT molecular complexity index is 1100. The number of halogens is 1. The third-order valence-corrected chi connectivity index (χ3v) is 4.18. The van der Waals surface area contributed by atoms with Gasteiger partial charge in [0.2, 0.25) is 5.91 Å². The van der Waals surface area contributed by atoms with Gasteiger partial charge in [-0.3, -0.25) is 14.2 Å². The number of H-pyrrole nitrogens is 1. The van der Waals surface area contributed by atoms with Crippen molar-refractivity contribution in [2.45, 2.75) is 19.5 Å². The number of ether oxygens (including phenoxy) is 1. The van der Waals surface area contributed by atoms with Crippen LogP contribution in [0.2, 0.25) is 0 Å². The lowest BCUT2D eigenvalue weighted by atomic mass is 10.2. The zero-order chi connectivity index (χ0) is 19.4. The summed E-state index contributed by atoms with van der Waals surface area (Å²) in [7, 11) is 1.42. The van der Waals surface area contributed by atoms with E-state index in [0.29, 0.717) is 22.2 Å². The standard InChI is InChI=1S/C19H18FN3O4/c1-27-16-10-13(20)7-6-12(16)11-21-17(24)8-9-23-18(25)14-4-2-3-5-15(14)22-19(23)26/h2-7,10H,8-9,11H2,1H3,(H,21,24)(H,22,26). The smallest absolute Gasteiger partial charge is 0.328 e. The first kappa shape index (κ1) is 18.4. The van der Waals surface area contributed by atoms with Crippen LogP contribution >= 0.6 is 0 Å². The molecule has 0 fully saturated rings. The van der Waals surface area contributed by atoms with E-state index in [4.69, 9.17) is 4.74 Å². The Labute approximate surface area is 153 Å². The molecule has 0 saturated heterocycles. The number of carbonyl (C=O) groups excluding carboxylic acids is 1. The van der Waals surface area contributed by atoms with E-state index in [1.165, 1.54) is 25.3 Å². The summed E-state index contributed by atoms with van der Waals surface area (Å²) >= 11 is 0. The number of aromatic nitrogens is 2. The number of amides is 1. The van der Waals surface area contributed by atoms with Gasteiger partial charge in [-0.15, -0.1) is 0 Å². The van der Waals surface area contributed by atoms with Gasteiger partial charge >= 0.3 is 5.69 Å². The summed E-state index contributed by atoms with van der Waals surface area (Å²) in [6.07, 6.45) is -0.0508. The summed E-state index contributed by atoms with van der Waals surface area (Å²) in [5.74, 6) is -0.449. The SMILES string of the molecule is COc1cc(F)ccc1CNC(=O)CCn1c(=O)[nH]c2ccccc2c1=O. The first-order valence-electron chi connectivity index (χ1n) is 8.30. The molecule has 0 aliphatic heterocycles. The van der Waals surface area contributed by atoms with Crippen LogP contribution in [0.3, 0.4) is 0 Å². The van der Waals surface area contributed by atoms with Crippen molar-refractivity contribution in [3.63, 3.8) is 0 Å². The Morgan fingerprint density at radius 1 is 1.22 bits per heavy atom. The largest absolute Gasteiger partial charge is 0.496 e. The first-order chi connectivity index (χ1) is 13.0. The highest BCUT2D eigenvalue weighted by Crippen LogP contribution is 2.19. The number of hydrogen-bond donors (Lipinski definition) is 2. The van der Waals surface area contributed by atoms with Crippen molar-refractivity contribution in [2.75, 3.05) is 7.11 Å². The molecule has 0 aliphatic carbocycles. The molecule has 0 spiro atoms. The topological polar surface area (TPSA) is 93.2 Å². The van der Waals surface area contributed by atoms with Crippen LogP contribution in [0, 0.1) is 5.82 Å². The van der Waals surface area contributed by atoms with E-state index >= 15 is 0 Å². The number of rotatable bonds is 6. The highest BCUT2D eigenvalue weighted by molar-refractivity contribution is 5.77. The van der Waals surface area contributed by atoms with Gasteiger partial charge in [0.1, 0.15) is 11.6 Å². The van der Waals surface area contributed by atoms with Crippen molar-refractivity contribution in [3.8, 4) is 5.75 Å². The lowest BCUT2D eigenvalue weighted by molar-refractivity contribution is -0.121. The quantitative estimate of drug-likeness (QED) is 0.687. The van der Waals surface area contributed by atoms with Gasteiger partial charge in [0.05, 0.1) is 18.0 Å². The van der Waals surface area contributed by atoms with Gasteiger partial charge in [0.25, 0.3) is 5.56 Å². The van der Waals surface area contributed by atoms with Crippen LogP contribution in [-0.2, 0) is 17.9 Å². The first-order valence-corrected chi connectivity index (χ1v) is 8.30. The number of aromatic amines is 1. The molecular weight excluding hydrogens is 353 g/mol. The lowest BCUT2D eigenvalue weighted by Crippen LogP contribution is -2.36. The molecule has 140 valence electrons. The molecule has 2 aromatic carbocycles. The summed E-state index contributed by atoms with van der Waals surface area (Å²) in [5.41, 5.74) is 0.0682. The second-order valence-electron chi connectivity index (χ2n) is 5.92. The molecule has 1 heterocycles. The summed E-state index contributed by atoms with van der Waals surface area (Å²) in [5, 5.41) is 3.05. The average molecular weight is 371 g/mol. The number of carbonyl (C=O) groups is 1. The van der Waals surface area contributed by atoms with Crippen LogP contribution in [0.15, 0.2) is 52.1 Å². The molecule has 0 unspecified atom stereocenters. The maximum Gasteiger partial charge on any atom is 0.328 e. The Balaban J connectivity index is 1.67. The van der Waals surface area contributed by atoms with Crippen molar-refractivity contribution < 1.29 is 13.9 Å². The molecule has 0 atom stereocenters. The fourth-order valence-electron chi connectivity index (χ4n) is 2.76. The van der Waals surface area contributed by atoms with Crippen LogP contribution in [0.4, 0.5) is 4.39 Å². The molecule has 0 aliphatic rings. The number of benzene rings is 2. The predicted molar refractivity (Wildman–Crippen MR) is 98.2 cm³/mol. The zero-order valence-electron chi connectivity index (χ0n) is 14.6. The number of methoxy groups -OCH3 is 1. The molecular formula is C19H18FN3O4. The van der Waals surface area contributed by atoms with E-state index in [2.05, 4.69) is 10.3 Å². The van der Waals surface area contributed by atoms with Crippen LogP contribution < -0.4 is 21.3 Å². The molecule has 0 radical (unpaired) electrons. The molecule has 3 aromatic rings. The van der Waals surface area contributed by atoms with Crippen LogP contribution in [0.5, 0.6) is 5.75 Å². The van der Waals surface area contributed by atoms with Crippen LogP contribution in [0.1, 0.15) is 12.0 Å². The second kappa shape index (κ2) is 7.86. The zero-order valence-corrected chi connectivity index (χ0v) is 14.6. The minimum Gasteiger partial charge on any atom is -0.496 e. The van der Waals surface area contributed by atoms with Crippen LogP contribution in [0.25, 0.3) is 10.9 Å². The minimum absolute atomic E-state index is 0.0502. The highest BCUT2D eigenvalue weighted by atomic mass is 19.1. The van der Waals surface area contributed by atoms with Crippen molar-refractivity contribution in [1.29, 1.82) is 0 Å². The van der Waals surface area contributed by atoms with E-state index in [0.717, 1.165) is 4.57 Å². The molecule has 0 bridgehead atoms. The molecule has 0 saturated carbocycles. The monoisotopic (exact) mass is 371 g/mol. The van der Waals surface area contributed by atoms with Gasteiger partial charge in [0, 0.05) is 31.1 Å². The lowest BCUT2D eigenvalue weighted by Gasteiger charge is -2.10. The number of fused-ring (bicyclic) bond motifs is 1. The van der Waals surface area contributed by atoms with Gasteiger partial charge < -0.3 is 15.0 Å². The molecule has 27 heavy (non-hydrogen) atoms. The third kappa shape index (κ3) is 4.05. The maximum atomic E-state index is 13.2. The van der Waals surface area contributed by atoms with Crippen molar-refractivity contribution >= 4 is 16.8 Å². The second-order valence-corrected chi connectivity index (χ2v) is 5.92. The summed E-state index contributed by atoms with van der Waals surface area (Å²) in [6, 6.07) is 10.7. The van der Waals surface area contributed by atoms with Gasteiger partial charge in [-0.2, -0.15) is 0 Å². The van der Waals surface area contributed by atoms with Gasteiger partial charge in [-0.05, 0) is 18.2 Å². The number of para-hydroxylation sites is 1. The Morgan fingerprint density at radius 2 is 2.00 bits per heavy atom. The summed E-state index contributed by atoms with van der Waals surface area (Å²) in [6.45, 7) is 0.0939. The fourth-order valence-corrected chi connectivity index (χ4v) is 2.76. The number of nitrogens with one attached hydrogen (secondary N) is 2. The van der Waals surface area contributed by atoms with Crippen molar-refractivity contribution in [1.82, 2.24) is 14.9 Å². The third-order valence-electron chi connectivity index (χ3n) is 4.18. The Kier molecular flexibility index (Phi) is 5.35. The van der Waals surface area contributed by atoms with E-state index in [-0.39, 0.29) is 25.4 Å². The van der Waals surface area contributed by atoms with Gasteiger partial charge in [-0.1, -0.05) is 18.2 Å². The van der Waals surface area contributed by atoms with E-state index in [1.807, 2.05) is 0 Å². The Hall–Kier alpha value is -3.42. The molecule has 3 rings (SSSR count). The number of nitrogens with zero attached hydrogens (tertiary/aromatic N) is 1. The van der Waals surface area contributed by atoms with E-state index < -0.39 is 17.1 Å². The minimum atomic E-state index is -0.563. The van der Waals surface area contributed by atoms with Crippen molar-refractivity contribution in [2.24, 2.45) is 0 Å². The fraction of sp³-hybridized carbons (Fsp3) is 0.211. The molecule has 7 nitrogen and oxygen atoms in total. The summed E-state index contributed by atoms with van der Waals surface area (Å²) in [4.78, 5) is 39.2. The van der Waals surface area contributed by atoms with E-state index in [1.54, 1.807) is 24.3 Å². The van der Waals surface area contributed by atoms with Gasteiger partial charge in [0.15, 0.2) is 0 Å². The predicted octanol–water partition coefficient (Wildman–Crippen LogP) is 1.54. The van der Waals surface area contributed by atoms with Gasteiger partial charge in [-0.25, -0.2) is 9.18 Å². The molecule has 1 amide bonds. The molecule has 2 N–H and O–H groups in total. The van der Waals surface area contributed by atoms with Crippen LogP contribution in [-0.4, -0.2) is 22.6 Å². The highest BCUT2D eigenvalue weighted by Gasteiger charge is 2.10. The molecule has 1 aromatic heterocycles. The van der Waals surface area contributed by atoms with Crippen molar-refractivity contribution in [3.05, 3.63) is 74.7 Å². The normalized spacial score (nSPS) is 10.7. The summed E-state index contributed by atoms with van der Waals surface area (Å²) < 4.78 is 19.3. The molecule has 8 heteroatoms. The van der Waals surface area contributed by atoms with E-state index in [9.17, 15) is 18.8 Å². The maximum absolute atomic E-state index is 13.2. The average Bonchev–Trinajstić information content (AvgIpc) is 2.66.